The lowest BCUT2D eigenvalue weighted by Crippen LogP contribution is -2.48. The molecule has 1 atom stereocenters. The van der Waals surface area contributed by atoms with Gasteiger partial charge in [-0.15, -0.1) is 0 Å². The average molecular weight is 210 g/mol. The van der Waals surface area contributed by atoms with Crippen LogP contribution in [0.1, 0.15) is 58.3 Å². The van der Waals surface area contributed by atoms with Gasteiger partial charge in [-0.2, -0.15) is 0 Å². The highest BCUT2D eigenvalue weighted by atomic mass is 15.0. The molecule has 0 spiro atoms. The monoisotopic (exact) mass is 210 g/mol. The zero-order valence-corrected chi connectivity index (χ0v) is 10.1. The molecule has 1 aliphatic carbocycles. The topological polar surface area (TPSA) is 24.1 Å². The van der Waals surface area contributed by atoms with Gasteiger partial charge in [0.1, 0.15) is 0 Å². The van der Waals surface area contributed by atoms with Gasteiger partial charge in [0.25, 0.3) is 0 Å². The Morgan fingerprint density at radius 1 is 1.27 bits per heavy atom. The smallest absolute Gasteiger partial charge is 0.0153 e. The number of hydrogen-bond acceptors (Lipinski definition) is 2. The summed E-state index contributed by atoms with van der Waals surface area (Å²) in [5.41, 5.74) is 0.500. The van der Waals surface area contributed by atoms with E-state index in [0.29, 0.717) is 5.54 Å². The van der Waals surface area contributed by atoms with E-state index < -0.39 is 0 Å². The molecule has 1 aliphatic heterocycles. The van der Waals surface area contributed by atoms with Gasteiger partial charge >= 0.3 is 0 Å². The average Bonchev–Trinajstić information content (AvgIpc) is 2.23. The molecule has 0 aromatic rings. The first-order valence-corrected chi connectivity index (χ1v) is 6.77. The summed E-state index contributed by atoms with van der Waals surface area (Å²) >= 11 is 0. The zero-order chi connectivity index (χ0) is 10.6. The van der Waals surface area contributed by atoms with Crippen molar-refractivity contribution in [3.8, 4) is 0 Å². The third-order valence-electron chi connectivity index (χ3n) is 4.15. The van der Waals surface area contributed by atoms with Gasteiger partial charge < -0.3 is 10.6 Å². The predicted octanol–water partition coefficient (Wildman–Crippen LogP) is 2.44. The quantitative estimate of drug-likeness (QED) is 0.681. The van der Waals surface area contributed by atoms with Crippen LogP contribution in [0.5, 0.6) is 0 Å². The molecule has 1 heterocycles. The van der Waals surface area contributed by atoms with Gasteiger partial charge in [0, 0.05) is 11.6 Å². The van der Waals surface area contributed by atoms with Gasteiger partial charge in [0.05, 0.1) is 0 Å². The Morgan fingerprint density at radius 2 is 2.13 bits per heavy atom. The Morgan fingerprint density at radius 3 is 2.73 bits per heavy atom. The first-order valence-electron chi connectivity index (χ1n) is 6.77. The van der Waals surface area contributed by atoms with E-state index in [9.17, 15) is 0 Å². The third kappa shape index (κ3) is 3.46. The van der Waals surface area contributed by atoms with Crippen LogP contribution in [0.3, 0.4) is 0 Å². The van der Waals surface area contributed by atoms with Crippen LogP contribution in [0, 0.1) is 0 Å². The first kappa shape index (κ1) is 11.4. The van der Waals surface area contributed by atoms with E-state index in [1.165, 1.54) is 64.5 Å². The maximum absolute atomic E-state index is 3.71. The molecule has 2 heteroatoms. The van der Waals surface area contributed by atoms with Crippen molar-refractivity contribution >= 4 is 0 Å². The van der Waals surface area contributed by atoms with Crippen LogP contribution in [0.4, 0.5) is 0 Å². The molecule has 1 saturated carbocycles. The maximum atomic E-state index is 3.71. The fraction of sp³-hybridized carbons (Fsp3) is 1.00. The Kier molecular flexibility index (Phi) is 4.04. The molecule has 2 aliphatic rings. The zero-order valence-electron chi connectivity index (χ0n) is 10.1. The Labute approximate surface area is 94.2 Å². The number of rotatable bonds is 5. The summed E-state index contributed by atoms with van der Waals surface area (Å²) in [4.78, 5) is 0. The summed E-state index contributed by atoms with van der Waals surface area (Å²) in [6, 6.07) is 0.815. The third-order valence-corrected chi connectivity index (χ3v) is 4.15. The molecule has 0 aromatic heterocycles. The molecule has 1 saturated heterocycles. The second kappa shape index (κ2) is 5.31. The van der Waals surface area contributed by atoms with Crippen molar-refractivity contribution in [2.75, 3.05) is 13.1 Å². The van der Waals surface area contributed by atoms with E-state index in [1.54, 1.807) is 0 Å². The van der Waals surface area contributed by atoms with Crippen molar-refractivity contribution in [1.82, 2.24) is 10.6 Å². The van der Waals surface area contributed by atoms with E-state index in [4.69, 9.17) is 0 Å². The van der Waals surface area contributed by atoms with Crippen LogP contribution in [0.2, 0.25) is 0 Å². The lowest BCUT2D eigenvalue weighted by Gasteiger charge is -2.39. The fourth-order valence-electron chi connectivity index (χ4n) is 2.79. The SMILES string of the molecule is CC1(NCCCC2CCCCN2)CCC1. The molecule has 2 nitrogen and oxygen atoms in total. The summed E-state index contributed by atoms with van der Waals surface area (Å²) in [5.74, 6) is 0. The highest BCUT2D eigenvalue weighted by Gasteiger charge is 2.30. The first-order chi connectivity index (χ1) is 7.29. The van der Waals surface area contributed by atoms with E-state index in [0.717, 1.165) is 6.04 Å². The molecule has 2 fully saturated rings. The molecule has 0 bridgehead atoms. The molecule has 1 unspecified atom stereocenters. The van der Waals surface area contributed by atoms with Gasteiger partial charge in [-0.05, 0) is 65.0 Å². The number of nitrogens with one attached hydrogen (secondary N) is 2. The molecule has 2 N–H and O–H groups in total. The van der Waals surface area contributed by atoms with Crippen molar-refractivity contribution in [1.29, 1.82) is 0 Å². The van der Waals surface area contributed by atoms with Gasteiger partial charge in [0.2, 0.25) is 0 Å². The van der Waals surface area contributed by atoms with Crippen LogP contribution in [0.25, 0.3) is 0 Å². The highest BCUT2D eigenvalue weighted by molar-refractivity contribution is 4.91. The Bertz CT molecular complexity index is 181. The molecular formula is C13H26N2. The summed E-state index contributed by atoms with van der Waals surface area (Å²) < 4.78 is 0. The van der Waals surface area contributed by atoms with Crippen molar-refractivity contribution in [3.63, 3.8) is 0 Å². The Hall–Kier alpha value is -0.0800. The molecule has 0 amide bonds. The Balaban J connectivity index is 1.50. The normalized spacial score (nSPS) is 29.8. The standard InChI is InChI=1S/C13H26N2/c1-13(8-5-9-13)15-11-4-7-12-6-2-3-10-14-12/h12,14-15H,2-11H2,1H3. The van der Waals surface area contributed by atoms with Gasteiger partial charge in [-0.25, -0.2) is 0 Å². The van der Waals surface area contributed by atoms with Crippen LogP contribution in [-0.2, 0) is 0 Å². The van der Waals surface area contributed by atoms with Crippen molar-refractivity contribution in [2.24, 2.45) is 0 Å². The molecule has 0 aromatic carbocycles. The van der Waals surface area contributed by atoms with E-state index in [2.05, 4.69) is 17.6 Å². The minimum Gasteiger partial charge on any atom is -0.314 e. The maximum Gasteiger partial charge on any atom is 0.0153 e. The van der Waals surface area contributed by atoms with E-state index in [-0.39, 0.29) is 0 Å². The summed E-state index contributed by atoms with van der Waals surface area (Å²) in [5, 5.41) is 7.32. The molecule has 2 rings (SSSR count). The fourth-order valence-corrected chi connectivity index (χ4v) is 2.79. The largest absolute Gasteiger partial charge is 0.314 e. The predicted molar refractivity (Wildman–Crippen MR) is 65.1 cm³/mol. The summed E-state index contributed by atoms with van der Waals surface area (Å²) in [6.45, 7) is 4.83. The van der Waals surface area contributed by atoms with Crippen LogP contribution >= 0.6 is 0 Å². The lowest BCUT2D eigenvalue weighted by atomic mass is 9.78. The molecule has 88 valence electrons. The van der Waals surface area contributed by atoms with E-state index >= 15 is 0 Å². The lowest BCUT2D eigenvalue weighted by molar-refractivity contribution is 0.206. The minimum absolute atomic E-state index is 0.500. The van der Waals surface area contributed by atoms with Crippen LogP contribution in [-0.4, -0.2) is 24.7 Å². The van der Waals surface area contributed by atoms with Crippen molar-refractivity contribution in [2.45, 2.75) is 69.9 Å². The molecular weight excluding hydrogens is 184 g/mol. The highest BCUT2D eigenvalue weighted by Crippen LogP contribution is 2.30. The summed E-state index contributed by atoms with van der Waals surface area (Å²) in [6.07, 6.45) is 11.1. The second-order valence-corrected chi connectivity index (χ2v) is 5.63. The second-order valence-electron chi connectivity index (χ2n) is 5.63. The summed E-state index contributed by atoms with van der Waals surface area (Å²) in [7, 11) is 0. The van der Waals surface area contributed by atoms with Crippen LogP contribution in [0.15, 0.2) is 0 Å². The minimum atomic E-state index is 0.500. The van der Waals surface area contributed by atoms with E-state index in [1.807, 2.05) is 0 Å². The van der Waals surface area contributed by atoms with Gasteiger partial charge in [-0.1, -0.05) is 6.42 Å². The molecule has 15 heavy (non-hydrogen) atoms. The van der Waals surface area contributed by atoms with Gasteiger partial charge in [0.15, 0.2) is 0 Å². The number of hydrogen-bond donors (Lipinski definition) is 2. The number of piperidine rings is 1. The van der Waals surface area contributed by atoms with Crippen molar-refractivity contribution in [3.05, 3.63) is 0 Å². The van der Waals surface area contributed by atoms with Crippen molar-refractivity contribution < 1.29 is 0 Å². The van der Waals surface area contributed by atoms with Crippen LogP contribution < -0.4 is 10.6 Å². The molecule has 0 radical (unpaired) electrons. The van der Waals surface area contributed by atoms with Gasteiger partial charge in [-0.3, -0.25) is 0 Å².